The van der Waals surface area contributed by atoms with E-state index in [1.807, 2.05) is 0 Å². The first-order valence-corrected chi connectivity index (χ1v) is 7.00. The van der Waals surface area contributed by atoms with Gasteiger partial charge in [0.1, 0.15) is 17.3 Å². The smallest absolute Gasteiger partial charge is 0.137 e. The van der Waals surface area contributed by atoms with Crippen LogP contribution in [-0.4, -0.2) is 41.5 Å². The van der Waals surface area contributed by atoms with Gasteiger partial charge >= 0.3 is 0 Å². The number of anilines is 1. The zero-order valence-electron chi connectivity index (χ0n) is 11.1. The molecule has 2 rings (SSSR count). The van der Waals surface area contributed by atoms with Crippen LogP contribution in [-0.2, 0) is 6.42 Å². The van der Waals surface area contributed by atoms with E-state index in [0.717, 1.165) is 30.3 Å². The molecular formula is C13H21ClN4. The molecule has 0 radical (unpaired) electrons. The Morgan fingerprint density at radius 3 is 2.78 bits per heavy atom. The number of nitrogens with one attached hydrogen (secondary N) is 1. The second-order valence-corrected chi connectivity index (χ2v) is 5.33. The van der Waals surface area contributed by atoms with Gasteiger partial charge in [0.05, 0.1) is 0 Å². The molecule has 2 heterocycles. The molecule has 1 aliphatic heterocycles. The molecule has 0 unspecified atom stereocenters. The van der Waals surface area contributed by atoms with Crippen molar-refractivity contribution >= 4 is 17.4 Å². The van der Waals surface area contributed by atoms with Gasteiger partial charge in [0.15, 0.2) is 0 Å². The first-order valence-electron chi connectivity index (χ1n) is 6.62. The summed E-state index contributed by atoms with van der Waals surface area (Å²) in [5.41, 5.74) is 1.02. The van der Waals surface area contributed by atoms with Gasteiger partial charge in [0, 0.05) is 12.1 Å². The van der Waals surface area contributed by atoms with Crippen molar-refractivity contribution in [3.8, 4) is 0 Å². The first-order chi connectivity index (χ1) is 8.70. The lowest BCUT2D eigenvalue weighted by molar-refractivity contribution is 0.226. The van der Waals surface area contributed by atoms with E-state index < -0.39 is 0 Å². The topological polar surface area (TPSA) is 41.1 Å². The minimum Gasteiger partial charge on any atom is -0.369 e. The van der Waals surface area contributed by atoms with E-state index >= 15 is 0 Å². The average Bonchev–Trinajstić information content (AvgIpc) is 2.38. The van der Waals surface area contributed by atoms with Crippen molar-refractivity contribution in [2.45, 2.75) is 26.2 Å². The number of aromatic nitrogens is 2. The van der Waals surface area contributed by atoms with Crippen LogP contribution < -0.4 is 5.32 Å². The highest BCUT2D eigenvalue weighted by atomic mass is 35.5. The third-order valence-electron chi connectivity index (χ3n) is 3.64. The minimum absolute atomic E-state index is 0.568. The lowest BCUT2D eigenvalue weighted by atomic mass is 9.97. The zero-order valence-corrected chi connectivity index (χ0v) is 11.9. The summed E-state index contributed by atoms with van der Waals surface area (Å²) in [5.74, 6) is 1.64. The molecule has 4 nitrogen and oxygen atoms in total. The van der Waals surface area contributed by atoms with Crippen LogP contribution in [0.1, 0.15) is 25.3 Å². The molecule has 0 spiro atoms. The van der Waals surface area contributed by atoms with Crippen molar-refractivity contribution in [2.75, 3.05) is 32.0 Å². The summed E-state index contributed by atoms with van der Waals surface area (Å²) in [6, 6.07) is 0. The quantitative estimate of drug-likeness (QED) is 0.852. The molecule has 0 atom stereocenters. The Balaban J connectivity index is 1.92. The van der Waals surface area contributed by atoms with Gasteiger partial charge in [-0.2, -0.15) is 0 Å². The van der Waals surface area contributed by atoms with Crippen LogP contribution >= 0.6 is 11.6 Å². The third kappa shape index (κ3) is 3.33. The fourth-order valence-electron chi connectivity index (χ4n) is 2.36. The number of hydrogen-bond donors (Lipinski definition) is 1. The minimum atomic E-state index is 0.568. The van der Waals surface area contributed by atoms with Crippen molar-refractivity contribution in [1.29, 1.82) is 0 Å². The summed E-state index contributed by atoms with van der Waals surface area (Å²) in [7, 11) is 2.18. The molecule has 18 heavy (non-hydrogen) atoms. The number of hydrogen-bond acceptors (Lipinski definition) is 4. The highest BCUT2D eigenvalue weighted by molar-refractivity contribution is 6.30. The molecule has 5 heteroatoms. The molecule has 1 aromatic rings. The SMILES string of the molecule is CCc1c(Cl)ncnc1NCC1CCN(C)CC1. The van der Waals surface area contributed by atoms with E-state index in [2.05, 4.69) is 34.2 Å². The summed E-state index contributed by atoms with van der Waals surface area (Å²) in [4.78, 5) is 10.7. The monoisotopic (exact) mass is 268 g/mol. The summed E-state index contributed by atoms with van der Waals surface area (Å²) >= 11 is 6.07. The molecule has 0 amide bonds. The average molecular weight is 269 g/mol. The Morgan fingerprint density at radius 1 is 1.39 bits per heavy atom. The summed E-state index contributed by atoms with van der Waals surface area (Å²) in [5, 5.41) is 4.00. The van der Waals surface area contributed by atoms with Crippen molar-refractivity contribution in [3.05, 3.63) is 17.0 Å². The van der Waals surface area contributed by atoms with E-state index in [0.29, 0.717) is 5.15 Å². The molecule has 0 aromatic carbocycles. The fourth-order valence-corrected chi connectivity index (χ4v) is 2.63. The molecule has 1 aliphatic rings. The molecular weight excluding hydrogens is 248 g/mol. The summed E-state index contributed by atoms with van der Waals surface area (Å²) < 4.78 is 0. The number of likely N-dealkylation sites (tertiary alicyclic amines) is 1. The van der Waals surface area contributed by atoms with Crippen molar-refractivity contribution in [3.63, 3.8) is 0 Å². The van der Waals surface area contributed by atoms with Crippen LogP contribution in [0.4, 0.5) is 5.82 Å². The van der Waals surface area contributed by atoms with Crippen LogP contribution in [0.5, 0.6) is 0 Å². The maximum Gasteiger partial charge on any atom is 0.137 e. The molecule has 0 aliphatic carbocycles. The normalized spacial score (nSPS) is 17.9. The fraction of sp³-hybridized carbons (Fsp3) is 0.692. The highest BCUT2D eigenvalue weighted by Crippen LogP contribution is 2.22. The maximum atomic E-state index is 6.07. The lowest BCUT2D eigenvalue weighted by Gasteiger charge is -2.29. The van der Waals surface area contributed by atoms with E-state index in [4.69, 9.17) is 11.6 Å². The second kappa shape index (κ2) is 6.34. The van der Waals surface area contributed by atoms with Gasteiger partial charge in [0.2, 0.25) is 0 Å². The van der Waals surface area contributed by atoms with E-state index in [-0.39, 0.29) is 0 Å². The molecule has 1 fully saturated rings. The number of rotatable bonds is 4. The standard InChI is InChI=1S/C13H21ClN4/c1-3-11-12(14)16-9-17-13(11)15-8-10-4-6-18(2)7-5-10/h9-10H,3-8H2,1-2H3,(H,15,16,17). The molecule has 100 valence electrons. The maximum absolute atomic E-state index is 6.07. The molecule has 1 saturated heterocycles. The molecule has 1 N–H and O–H groups in total. The Kier molecular flexibility index (Phi) is 4.78. The Hall–Kier alpha value is -0.870. The van der Waals surface area contributed by atoms with Gasteiger partial charge in [-0.1, -0.05) is 18.5 Å². The van der Waals surface area contributed by atoms with Gasteiger partial charge in [0.25, 0.3) is 0 Å². The van der Waals surface area contributed by atoms with Gasteiger partial charge in [-0.3, -0.25) is 0 Å². The number of nitrogens with zero attached hydrogens (tertiary/aromatic N) is 3. The van der Waals surface area contributed by atoms with Crippen LogP contribution in [0, 0.1) is 5.92 Å². The van der Waals surface area contributed by atoms with Crippen molar-refractivity contribution in [1.82, 2.24) is 14.9 Å². The zero-order chi connectivity index (χ0) is 13.0. The Morgan fingerprint density at radius 2 is 2.11 bits per heavy atom. The number of piperidine rings is 1. The largest absolute Gasteiger partial charge is 0.369 e. The Labute approximate surface area is 114 Å². The first kappa shape index (κ1) is 13.6. The second-order valence-electron chi connectivity index (χ2n) is 4.97. The van der Waals surface area contributed by atoms with Crippen LogP contribution in [0.25, 0.3) is 0 Å². The van der Waals surface area contributed by atoms with Gasteiger partial charge in [-0.05, 0) is 45.3 Å². The van der Waals surface area contributed by atoms with Crippen LogP contribution in [0.3, 0.4) is 0 Å². The van der Waals surface area contributed by atoms with Crippen molar-refractivity contribution < 1.29 is 0 Å². The summed E-state index contributed by atoms with van der Waals surface area (Å²) in [6.45, 7) is 5.44. The van der Waals surface area contributed by atoms with Crippen LogP contribution in [0.15, 0.2) is 6.33 Å². The Bertz CT molecular complexity index is 389. The van der Waals surface area contributed by atoms with Crippen molar-refractivity contribution in [2.24, 2.45) is 5.92 Å². The molecule has 0 bridgehead atoms. The lowest BCUT2D eigenvalue weighted by Crippen LogP contribution is -2.33. The highest BCUT2D eigenvalue weighted by Gasteiger charge is 2.17. The van der Waals surface area contributed by atoms with Gasteiger partial charge in [-0.15, -0.1) is 0 Å². The van der Waals surface area contributed by atoms with E-state index in [1.165, 1.54) is 32.3 Å². The molecule has 1 aromatic heterocycles. The predicted molar refractivity (Wildman–Crippen MR) is 75.1 cm³/mol. The third-order valence-corrected chi connectivity index (χ3v) is 3.97. The van der Waals surface area contributed by atoms with E-state index in [9.17, 15) is 0 Å². The van der Waals surface area contributed by atoms with Gasteiger partial charge < -0.3 is 10.2 Å². The van der Waals surface area contributed by atoms with E-state index in [1.54, 1.807) is 0 Å². The molecule has 0 saturated carbocycles. The van der Waals surface area contributed by atoms with Gasteiger partial charge in [-0.25, -0.2) is 9.97 Å². The number of halogens is 1. The summed E-state index contributed by atoms with van der Waals surface area (Å²) in [6.07, 6.45) is 4.89. The predicted octanol–water partition coefficient (Wildman–Crippen LogP) is 2.45. The van der Waals surface area contributed by atoms with Crippen LogP contribution in [0.2, 0.25) is 5.15 Å².